The minimum absolute atomic E-state index is 0.0544. The fourth-order valence-corrected chi connectivity index (χ4v) is 1.87. The van der Waals surface area contributed by atoms with Crippen LogP contribution < -0.4 is 4.74 Å². The quantitative estimate of drug-likeness (QED) is 0.844. The summed E-state index contributed by atoms with van der Waals surface area (Å²) in [5.74, 6) is -0.789. The molecule has 0 aliphatic rings. The second-order valence-electron chi connectivity index (χ2n) is 4.71. The third-order valence-electron chi connectivity index (χ3n) is 3.00. The van der Waals surface area contributed by atoms with E-state index in [1.165, 1.54) is 24.3 Å². The molecule has 0 aliphatic carbocycles. The normalized spacial score (nSPS) is 11.2. The Labute approximate surface area is 135 Å². The predicted molar refractivity (Wildman–Crippen MR) is 78.5 cm³/mol. The summed E-state index contributed by atoms with van der Waals surface area (Å²) in [6.45, 7) is 1.51. The van der Waals surface area contributed by atoms with Gasteiger partial charge in [-0.1, -0.05) is 0 Å². The summed E-state index contributed by atoms with van der Waals surface area (Å²) < 4.78 is 47.3. The lowest BCUT2D eigenvalue weighted by atomic mass is 10.1. The van der Waals surface area contributed by atoms with E-state index >= 15 is 0 Å². The first-order valence-corrected chi connectivity index (χ1v) is 6.96. The number of hydrogen-bond donors (Lipinski definition) is 1. The number of alkyl halides is 3. The van der Waals surface area contributed by atoms with Gasteiger partial charge in [0.25, 0.3) is 0 Å². The number of esters is 1. The van der Waals surface area contributed by atoms with Crippen LogP contribution in [0.1, 0.15) is 12.5 Å². The van der Waals surface area contributed by atoms with Gasteiger partial charge < -0.3 is 14.6 Å². The number of carbonyl (C=O) groups is 1. The van der Waals surface area contributed by atoms with Gasteiger partial charge in [-0.25, -0.2) is 4.79 Å². The van der Waals surface area contributed by atoms with Crippen LogP contribution in [0.4, 0.5) is 13.2 Å². The molecule has 0 radical (unpaired) electrons. The number of hydrogen-bond acceptors (Lipinski definition) is 5. The standard InChI is InChI=1S/C16H14F3NO4/c1-2-23-15(22)9-24-14-6-3-10(7-13(14)21)12-5-4-11(8-20-12)16(17,18)19/h3-8,21H,2,9H2,1H3. The first-order valence-electron chi connectivity index (χ1n) is 6.96. The highest BCUT2D eigenvalue weighted by molar-refractivity contribution is 5.71. The third kappa shape index (κ3) is 4.37. The largest absolute Gasteiger partial charge is 0.504 e. The molecule has 0 saturated carbocycles. The van der Waals surface area contributed by atoms with E-state index < -0.39 is 17.7 Å². The smallest absolute Gasteiger partial charge is 0.417 e. The Morgan fingerprint density at radius 1 is 1.25 bits per heavy atom. The third-order valence-corrected chi connectivity index (χ3v) is 3.00. The maximum Gasteiger partial charge on any atom is 0.417 e. The van der Waals surface area contributed by atoms with Crippen molar-refractivity contribution in [3.05, 3.63) is 42.1 Å². The van der Waals surface area contributed by atoms with Crippen LogP contribution in [-0.2, 0) is 15.7 Å². The number of phenols is 1. The molecule has 0 fully saturated rings. The molecule has 24 heavy (non-hydrogen) atoms. The van der Waals surface area contributed by atoms with Gasteiger partial charge in [0.2, 0.25) is 0 Å². The van der Waals surface area contributed by atoms with Crippen LogP contribution in [0.15, 0.2) is 36.5 Å². The Bertz CT molecular complexity index is 714. The monoisotopic (exact) mass is 341 g/mol. The van der Waals surface area contributed by atoms with E-state index in [1.807, 2.05) is 0 Å². The summed E-state index contributed by atoms with van der Waals surface area (Å²) in [6.07, 6.45) is -3.74. The lowest BCUT2D eigenvalue weighted by Gasteiger charge is -2.10. The average Bonchev–Trinajstić information content (AvgIpc) is 2.53. The number of nitrogens with zero attached hydrogens (tertiary/aromatic N) is 1. The molecule has 1 aromatic heterocycles. The number of benzene rings is 1. The van der Waals surface area contributed by atoms with Gasteiger partial charge in [-0.05, 0) is 37.3 Å². The molecular weight excluding hydrogens is 327 g/mol. The second-order valence-corrected chi connectivity index (χ2v) is 4.71. The van der Waals surface area contributed by atoms with Crippen LogP contribution in [0.5, 0.6) is 11.5 Å². The summed E-state index contributed by atoms with van der Waals surface area (Å²) >= 11 is 0. The summed E-state index contributed by atoms with van der Waals surface area (Å²) in [5, 5.41) is 9.89. The van der Waals surface area contributed by atoms with E-state index in [4.69, 9.17) is 4.74 Å². The lowest BCUT2D eigenvalue weighted by Crippen LogP contribution is -2.14. The number of carbonyl (C=O) groups excluding carboxylic acids is 1. The minimum atomic E-state index is -4.46. The van der Waals surface area contributed by atoms with Crippen molar-refractivity contribution in [2.45, 2.75) is 13.1 Å². The first-order chi connectivity index (χ1) is 11.3. The van der Waals surface area contributed by atoms with Crippen LogP contribution in [0.25, 0.3) is 11.3 Å². The lowest BCUT2D eigenvalue weighted by molar-refractivity contribution is -0.145. The predicted octanol–water partition coefficient (Wildman–Crippen LogP) is 3.41. The molecule has 5 nitrogen and oxygen atoms in total. The van der Waals surface area contributed by atoms with E-state index in [9.17, 15) is 23.1 Å². The maximum absolute atomic E-state index is 12.5. The molecule has 0 spiro atoms. The van der Waals surface area contributed by atoms with Gasteiger partial charge in [-0.3, -0.25) is 4.98 Å². The second kappa shape index (κ2) is 7.20. The Balaban J connectivity index is 2.13. The highest BCUT2D eigenvalue weighted by Gasteiger charge is 2.30. The van der Waals surface area contributed by atoms with Crippen molar-refractivity contribution in [2.75, 3.05) is 13.2 Å². The SMILES string of the molecule is CCOC(=O)COc1ccc(-c2ccc(C(F)(F)F)cn2)cc1O. The van der Waals surface area contributed by atoms with Crippen molar-refractivity contribution >= 4 is 5.97 Å². The van der Waals surface area contributed by atoms with Crippen LogP contribution >= 0.6 is 0 Å². The Morgan fingerprint density at radius 2 is 2.00 bits per heavy atom. The number of pyridine rings is 1. The molecule has 0 unspecified atom stereocenters. The number of aromatic nitrogens is 1. The highest BCUT2D eigenvalue weighted by Crippen LogP contribution is 2.33. The molecule has 128 valence electrons. The minimum Gasteiger partial charge on any atom is -0.504 e. The fraction of sp³-hybridized carbons (Fsp3) is 0.250. The Hall–Kier alpha value is -2.77. The van der Waals surface area contributed by atoms with E-state index in [0.717, 1.165) is 12.3 Å². The van der Waals surface area contributed by atoms with Crippen molar-refractivity contribution in [1.82, 2.24) is 4.98 Å². The molecule has 0 atom stereocenters. The molecule has 2 aromatic rings. The fourth-order valence-electron chi connectivity index (χ4n) is 1.87. The zero-order valence-electron chi connectivity index (χ0n) is 12.6. The van der Waals surface area contributed by atoms with Crippen molar-refractivity contribution in [3.8, 4) is 22.8 Å². The molecule has 0 bridgehead atoms. The number of aromatic hydroxyl groups is 1. The van der Waals surface area contributed by atoms with E-state index in [0.29, 0.717) is 5.56 Å². The number of ether oxygens (including phenoxy) is 2. The summed E-state index contributed by atoms with van der Waals surface area (Å²) in [6, 6.07) is 6.30. The van der Waals surface area contributed by atoms with Gasteiger partial charge in [0.15, 0.2) is 18.1 Å². The van der Waals surface area contributed by atoms with Gasteiger partial charge in [0, 0.05) is 11.8 Å². The zero-order chi connectivity index (χ0) is 17.7. The maximum atomic E-state index is 12.5. The molecule has 8 heteroatoms. The van der Waals surface area contributed by atoms with Crippen LogP contribution in [0.2, 0.25) is 0 Å². The number of rotatable bonds is 5. The van der Waals surface area contributed by atoms with E-state index in [-0.39, 0.29) is 30.4 Å². The van der Waals surface area contributed by atoms with Gasteiger partial charge in [-0.15, -0.1) is 0 Å². The number of halogens is 3. The van der Waals surface area contributed by atoms with Crippen molar-refractivity contribution in [3.63, 3.8) is 0 Å². The molecule has 2 rings (SSSR count). The Kier molecular flexibility index (Phi) is 5.28. The van der Waals surface area contributed by atoms with Gasteiger partial charge in [-0.2, -0.15) is 13.2 Å². The molecule has 0 amide bonds. The van der Waals surface area contributed by atoms with Crippen LogP contribution in [0.3, 0.4) is 0 Å². The highest BCUT2D eigenvalue weighted by atomic mass is 19.4. The van der Waals surface area contributed by atoms with Crippen molar-refractivity contribution in [2.24, 2.45) is 0 Å². The first kappa shape index (κ1) is 17.6. The topological polar surface area (TPSA) is 68.7 Å². The number of phenolic OH excluding ortho intramolecular Hbond substituents is 1. The molecule has 0 aliphatic heterocycles. The summed E-state index contributed by atoms with van der Waals surface area (Å²) in [4.78, 5) is 14.9. The summed E-state index contributed by atoms with van der Waals surface area (Å²) in [5.41, 5.74) is -0.190. The van der Waals surface area contributed by atoms with E-state index in [2.05, 4.69) is 9.72 Å². The van der Waals surface area contributed by atoms with Crippen LogP contribution in [0, 0.1) is 0 Å². The van der Waals surface area contributed by atoms with Crippen molar-refractivity contribution < 1.29 is 32.5 Å². The van der Waals surface area contributed by atoms with Gasteiger partial charge in [0.05, 0.1) is 17.9 Å². The molecular formula is C16H14F3NO4. The zero-order valence-corrected chi connectivity index (χ0v) is 12.6. The van der Waals surface area contributed by atoms with Crippen LogP contribution in [-0.4, -0.2) is 29.3 Å². The van der Waals surface area contributed by atoms with Crippen molar-refractivity contribution in [1.29, 1.82) is 0 Å². The van der Waals surface area contributed by atoms with Gasteiger partial charge in [0.1, 0.15) is 0 Å². The Morgan fingerprint density at radius 3 is 2.54 bits per heavy atom. The van der Waals surface area contributed by atoms with E-state index in [1.54, 1.807) is 6.92 Å². The summed E-state index contributed by atoms with van der Waals surface area (Å²) in [7, 11) is 0. The molecule has 0 saturated heterocycles. The molecule has 1 aromatic carbocycles. The van der Waals surface area contributed by atoms with Gasteiger partial charge >= 0.3 is 12.1 Å². The molecule has 1 N–H and O–H groups in total. The molecule has 1 heterocycles. The average molecular weight is 341 g/mol.